The largest absolute Gasteiger partial charge is 0.462 e. The summed E-state index contributed by atoms with van der Waals surface area (Å²) in [6.07, 6.45) is 73.1. The van der Waals surface area contributed by atoms with E-state index in [1.54, 1.807) is 0 Å². The Morgan fingerprint density at radius 1 is 0.304 bits per heavy atom. The first kappa shape index (κ1) is 65.8. The molecule has 0 aliphatic heterocycles. The summed E-state index contributed by atoms with van der Waals surface area (Å²) < 4.78 is 16.9. The van der Waals surface area contributed by atoms with Crippen molar-refractivity contribution in [3.63, 3.8) is 0 Å². The molecule has 1 atom stereocenters. The van der Waals surface area contributed by atoms with Gasteiger partial charge in [-0.3, -0.25) is 14.4 Å². The Morgan fingerprint density at radius 2 is 0.565 bits per heavy atom. The molecule has 6 heteroatoms. The molecule has 0 aliphatic carbocycles. The Labute approximate surface area is 427 Å². The number of ether oxygens (including phenoxy) is 3. The van der Waals surface area contributed by atoms with Gasteiger partial charge in [-0.1, -0.05) is 235 Å². The molecule has 0 heterocycles. The topological polar surface area (TPSA) is 78.9 Å². The number of unbranched alkanes of at least 4 members (excludes halogenated alkanes) is 30. The van der Waals surface area contributed by atoms with Crippen molar-refractivity contribution in [2.45, 2.75) is 297 Å². The summed E-state index contributed by atoms with van der Waals surface area (Å²) in [6.45, 7) is 6.50. The summed E-state index contributed by atoms with van der Waals surface area (Å²) in [5.74, 6) is -0.889. The van der Waals surface area contributed by atoms with Gasteiger partial charge in [0, 0.05) is 19.3 Å². The third-order valence-corrected chi connectivity index (χ3v) is 12.7. The van der Waals surface area contributed by atoms with Gasteiger partial charge in [0.1, 0.15) is 13.2 Å². The average molecular weight is 964 g/mol. The van der Waals surface area contributed by atoms with Crippen LogP contribution in [0.2, 0.25) is 0 Å². The molecular weight excluding hydrogens is 853 g/mol. The third-order valence-electron chi connectivity index (χ3n) is 12.7. The minimum Gasteiger partial charge on any atom is -0.462 e. The lowest BCUT2D eigenvalue weighted by molar-refractivity contribution is -0.167. The van der Waals surface area contributed by atoms with Crippen molar-refractivity contribution in [3.05, 3.63) is 72.9 Å². The van der Waals surface area contributed by atoms with Gasteiger partial charge in [0.05, 0.1) is 0 Å². The highest BCUT2D eigenvalue weighted by atomic mass is 16.6. The fourth-order valence-corrected chi connectivity index (χ4v) is 8.25. The number of hydrogen-bond donors (Lipinski definition) is 0. The summed E-state index contributed by atoms with van der Waals surface area (Å²) >= 11 is 0. The summed E-state index contributed by atoms with van der Waals surface area (Å²) in [4.78, 5) is 38.2. The van der Waals surface area contributed by atoms with E-state index >= 15 is 0 Å². The second kappa shape index (κ2) is 57.4. The number of allylic oxidation sites excluding steroid dienone is 12. The Balaban J connectivity index is 4.39. The predicted molar refractivity (Wildman–Crippen MR) is 298 cm³/mol. The van der Waals surface area contributed by atoms with E-state index in [-0.39, 0.29) is 31.1 Å². The van der Waals surface area contributed by atoms with E-state index in [0.717, 1.165) is 89.9 Å². The molecule has 0 aromatic carbocycles. The van der Waals surface area contributed by atoms with E-state index in [2.05, 4.69) is 93.7 Å². The van der Waals surface area contributed by atoms with Crippen molar-refractivity contribution in [3.8, 4) is 0 Å². The van der Waals surface area contributed by atoms with Crippen LogP contribution in [0.25, 0.3) is 0 Å². The van der Waals surface area contributed by atoms with Crippen LogP contribution in [-0.2, 0) is 28.6 Å². The molecule has 0 N–H and O–H groups in total. The summed E-state index contributed by atoms with van der Waals surface area (Å²) in [5, 5.41) is 0. The van der Waals surface area contributed by atoms with Gasteiger partial charge in [0.25, 0.3) is 0 Å². The Morgan fingerprint density at radius 3 is 0.928 bits per heavy atom. The Bertz CT molecular complexity index is 1290. The molecule has 0 saturated carbocycles. The first-order valence-electron chi connectivity index (χ1n) is 29.4. The van der Waals surface area contributed by atoms with Crippen molar-refractivity contribution < 1.29 is 28.6 Å². The summed E-state index contributed by atoms with van der Waals surface area (Å²) in [5.41, 5.74) is 0. The predicted octanol–water partition coefficient (Wildman–Crippen LogP) is 19.8. The first-order valence-corrected chi connectivity index (χ1v) is 29.4. The molecule has 0 radical (unpaired) electrons. The van der Waals surface area contributed by atoms with Crippen molar-refractivity contribution in [2.24, 2.45) is 0 Å². The fraction of sp³-hybridized carbons (Fsp3) is 0.762. The van der Waals surface area contributed by atoms with E-state index in [4.69, 9.17) is 14.2 Å². The molecule has 0 saturated heterocycles. The van der Waals surface area contributed by atoms with Gasteiger partial charge in [-0.05, 0) is 109 Å². The smallest absolute Gasteiger partial charge is 0.306 e. The monoisotopic (exact) mass is 963 g/mol. The number of rotatable bonds is 53. The van der Waals surface area contributed by atoms with Crippen molar-refractivity contribution in [1.29, 1.82) is 0 Å². The van der Waals surface area contributed by atoms with Crippen LogP contribution in [0, 0.1) is 0 Å². The van der Waals surface area contributed by atoms with Crippen molar-refractivity contribution >= 4 is 17.9 Å². The number of carbonyl (C=O) groups is 3. The highest BCUT2D eigenvalue weighted by Crippen LogP contribution is 2.15. The quantitative estimate of drug-likeness (QED) is 0.0262. The van der Waals surface area contributed by atoms with Crippen molar-refractivity contribution in [2.75, 3.05) is 13.2 Å². The van der Waals surface area contributed by atoms with Crippen LogP contribution in [0.15, 0.2) is 72.9 Å². The van der Waals surface area contributed by atoms with Crippen LogP contribution >= 0.6 is 0 Å². The molecule has 0 aliphatic rings. The minimum atomic E-state index is -0.784. The van der Waals surface area contributed by atoms with Gasteiger partial charge in [0.15, 0.2) is 6.10 Å². The second-order valence-electron chi connectivity index (χ2n) is 19.5. The Hall–Kier alpha value is -3.15. The van der Waals surface area contributed by atoms with Gasteiger partial charge in [-0.25, -0.2) is 0 Å². The van der Waals surface area contributed by atoms with E-state index in [1.807, 2.05) is 0 Å². The first-order chi connectivity index (χ1) is 34.0. The third kappa shape index (κ3) is 55.6. The zero-order valence-corrected chi connectivity index (χ0v) is 45.6. The molecule has 0 bridgehead atoms. The average Bonchev–Trinajstić information content (AvgIpc) is 3.35. The molecule has 0 spiro atoms. The van der Waals surface area contributed by atoms with Crippen LogP contribution in [0.4, 0.5) is 0 Å². The summed E-state index contributed by atoms with van der Waals surface area (Å²) in [7, 11) is 0. The number of esters is 3. The Kier molecular flexibility index (Phi) is 54.8. The van der Waals surface area contributed by atoms with Gasteiger partial charge >= 0.3 is 17.9 Å². The molecule has 69 heavy (non-hydrogen) atoms. The molecular formula is C63H110O6. The fourth-order valence-electron chi connectivity index (χ4n) is 8.25. The van der Waals surface area contributed by atoms with Gasteiger partial charge in [-0.15, -0.1) is 0 Å². The summed E-state index contributed by atoms with van der Waals surface area (Å²) in [6, 6.07) is 0. The van der Waals surface area contributed by atoms with Crippen LogP contribution in [0.1, 0.15) is 290 Å². The molecule has 0 rings (SSSR count). The van der Waals surface area contributed by atoms with Gasteiger partial charge in [-0.2, -0.15) is 0 Å². The maximum atomic E-state index is 12.9. The molecule has 1 unspecified atom stereocenters. The van der Waals surface area contributed by atoms with Crippen molar-refractivity contribution in [1.82, 2.24) is 0 Å². The van der Waals surface area contributed by atoms with Crippen LogP contribution in [-0.4, -0.2) is 37.2 Å². The van der Waals surface area contributed by atoms with E-state index in [9.17, 15) is 14.4 Å². The van der Waals surface area contributed by atoms with Crippen LogP contribution in [0.3, 0.4) is 0 Å². The van der Waals surface area contributed by atoms with Crippen LogP contribution in [0.5, 0.6) is 0 Å². The van der Waals surface area contributed by atoms with Crippen LogP contribution < -0.4 is 0 Å². The minimum absolute atomic E-state index is 0.0816. The standard InChI is InChI=1S/C63H110O6/c1-4-7-10-13-16-19-22-25-28-30-31-33-35-38-41-44-47-50-53-56-62(65)68-59-60(58-67-61(64)55-52-49-46-43-40-37-34-27-24-21-18-15-12-9-6-3)69-63(66)57-54-51-48-45-42-39-36-32-29-26-23-20-17-14-11-8-5-2/h7,10,16-17,19-21,24-26,28-29,60H,4-6,8-9,11-15,18,22-23,27,30-59H2,1-3H3/b10-7-,19-16-,20-17-,24-21-,28-25-,29-26-. The lowest BCUT2D eigenvalue weighted by Gasteiger charge is -2.18. The molecule has 0 aromatic heterocycles. The molecule has 0 fully saturated rings. The second-order valence-corrected chi connectivity index (χ2v) is 19.5. The number of carbonyl (C=O) groups excluding carboxylic acids is 3. The van der Waals surface area contributed by atoms with Gasteiger partial charge < -0.3 is 14.2 Å². The molecule has 0 amide bonds. The highest BCUT2D eigenvalue weighted by Gasteiger charge is 2.19. The molecule has 6 nitrogen and oxygen atoms in total. The van der Waals surface area contributed by atoms with E-state index in [0.29, 0.717) is 19.3 Å². The highest BCUT2D eigenvalue weighted by molar-refractivity contribution is 5.71. The zero-order chi connectivity index (χ0) is 50.0. The molecule has 398 valence electrons. The molecule has 0 aromatic rings. The van der Waals surface area contributed by atoms with E-state index < -0.39 is 6.10 Å². The number of hydrogen-bond acceptors (Lipinski definition) is 6. The zero-order valence-electron chi connectivity index (χ0n) is 45.6. The normalized spacial score (nSPS) is 12.6. The lowest BCUT2D eigenvalue weighted by atomic mass is 10.1. The lowest BCUT2D eigenvalue weighted by Crippen LogP contribution is -2.30. The van der Waals surface area contributed by atoms with Gasteiger partial charge in [0.2, 0.25) is 0 Å². The maximum Gasteiger partial charge on any atom is 0.306 e. The van der Waals surface area contributed by atoms with E-state index in [1.165, 1.54) is 161 Å². The SMILES string of the molecule is CC/C=C\C/C=C\C/C=C\CCCCCCCCCCCC(=O)OCC(COC(=O)CCCCCCCCC/C=C\CCCCCC)OC(=O)CCCCCCCCC/C=C\C/C=C\CCCCC. The maximum absolute atomic E-state index is 12.9.